The molecule has 0 heterocycles. The van der Waals surface area contributed by atoms with Crippen LogP contribution in [0.3, 0.4) is 0 Å². The third kappa shape index (κ3) is 3.04. The van der Waals surface area contributed by atoms with Crippen molar-refractivity contribution in [2.24, 2.45) is 0 Å². The van der Waals surface area contributed by atoms with Gasteiger partial charge in [0.05, 0.1) is 4.92 Å². The van der Waals surface area contributed by atoms with Crippen molar-refractivity contribution < 1.29 is 36.4 Å². The van der Waals surface area contributed by atoms with Crippen molar-refractivity contribution in [1.82, 2.24) is 0 Å². The molecule has 2 aromatic rings. The second-order valence-corrected chi connectivity index (χ2v) is 5.09. The Labute approximate surface area is 136 Å². The number of nitro benzene ring substituents is 1. The van der Waals surface area contributed by atoms with Crippen LogP contribution in [0.2, 0.25) is 0 Å². The Kier molecular flexibility index (Phi) is 4.51. The van der Waals surface area contributed by atoms with Crippen molar-refractivity contribution in [1.29, 1.82) is 0 Å². The van der Waals surface area contributed by atoms with Crippen LogP contribution < -0.4 is 0 Å². The van der Waals surface area contributed by atoms with Gasteiger partial charge in [-0.25, -0.2) is 4.39 Å². The first-order chi connectivity index (χ1) is 11.4. The first kappa shape index (κ1) is 18.7. The lowest BCUT2D eigenvalue weighted by molar-refractivity contribution is -0.384. The van der Waals surface area contributed by atoms with Gasteiger partial charge in [0.25, 0.3) is 5.69 Å². The number of non-ortho nitro benzene ring substituents is 1. The molecule has 1 atom stereocenters. The molecule has 0 aliphatic heterocycles. The Balaban J connectivity index is 2.72. The number of nitrogens with zero attached hydrogens (tertiary/aromatic N) is 1. The topological polar surface area (TPSA) is 63.4 Å². The minimum Gasteiger partial charge on any atom is -0.374 e. The lowest BCUT2D eigenvalue weighted by atomic mass is 9.80. The number of halogens is 6. The van der Waals surface area contributed by atoms with Crippen molar-refractivity contribution >= 4 is 5.69 Å². The standard InChI is InChI=1S/C15H9F6NO3/c16-11-5-1-9(2-6-11)13(23,14(17,18)15(19,20)21)10-3-7-12(8-4-10)22(24)25/h1-8,23H. The summed E-state index contributed by atoms with van der Waals surface area (Å²) < 4.78 is 79.9. The maximum atomic E-state index is 14.1. The molecular weight excluding hydrogens is 356 g/mol. The molecule has 0 bridgehead atoms. The highest BCUT2D eigenvalue weighted by atomic mass is 19.4. The molecule has 4 nitrogen and oxygen atoms in total. The zero-order valence-electron chi connectivity index (χ0n) is 12.1. The van der Waals surface area contributed by atoms with Crippen LogP contribution in [-0.4, -0.2) is 22.1 Å². The van der Waals surface area contributed by atoms with Gasteiger partial charge in [-0.3, -0.25) is 10.1 Å². The average molecular weight is 365 g/mol. The number of aliphatic hydroxyl groups is 1. The van der Waals surface area contributed by atoms with Crippen LogP contribution in [0.5, 0.6) is 0 Å². The molecule has 0 fully saturated rings. The van der Waals surface area contributed by atoms with Gasteiger partial charge in [0.1, 0.15) is 5.82 Å². The van der Waals surface area contributed by atoms with Crippen molar-refractivity contribution in [2.75, 3.05) is 0 Å². The Bertz CT molecular complexity index is 773. The second kappa shape index (κ2) is 6.03. The smallest absolute Gasteiger partial charge is 0.374 e. The normalized spacial score (nSPS) is 14.8. The molecule has 10 heteroatoms. The minimum atomic E-state index is -6.14. The van der Waals surface area contributed by atoms with Gasteiger partial charge in [-0.05, 0) is 35.4 Å². The fourth-order valence-electron chi connectivity index (χ4n) is 2.25. The third-order valence-corrected chi connectivity index (χ3v) is 3.57. The summed E-state index contributed by atoms with van der Waals surface area (Å²) in [5.41, 5.74) is -6.34. The van der Waals surface area contributed by atoms with Crippen LogP contribution in [0.4, 0.5) is 32.0 Å². The van der Waals surface area contributed by atoms with Crippen LogP contribution in [0.1, 0.15) is 11.1 Å². The molecule has 0 aliphatic rings. The van der Waals surface area contributed by atoms with Gasteiger partial charge in [-0.15, -0.1) is 0 Å². The number of hydrogen-bond donors (Lipinski definition) is 1. The monoisotopic (exact) mass is 365 g/mol. The predicted molar refractivity (Wildman–Crippen MR) is 73.5 cm³/mol. The van der Waals surface area contributed by atoms with Crippen LogP contribution in [0.25, 0.3) is 0 Å². The van der Waals surface area contributed by atoms with Gasteiger partial charge in [0.2, 0.25) is 0 Å². The number of rotatable bonds is 4. The van der Waals surface area contributed by atoms with E-state index in [1.807, 2.05) is 0 Å². The van der Waals surface area contributed by atoms with E-state index in [0.717, 1.165) is 0 Å². The molecule has 0 aromatic heterocycles. The van der Waals surface area contributed by atoms with Gasteiger partial charge in [0, 0.05) is 12.1 Å². The highest BCUT2D eigenvalue weighted by molar-refractivity contribution is 5.43. The molecule has 1 N–H and O–H groups in total. The van der Waals surface area contributed by atoms with E-state index in [9.17, 15) is 41.6 Å². The van der Waals surface area contributed by atoms with Crippen LogP contribution >= 0.6 is 0 Å². The van der Waals surface area contributed by atoms with Crippen molar-refractivity contribution in [3.8, 4) is 0 Å². The third-order valence-electron chi connectivity index (χ3n) is 3.57. The number of benzene rings is 2. The van der Waals surface area contributed by atoms with Gasteiger partial charge in [-0.2, -0.15) is 22.0 Å². The van der Waals surface area contributed by atoms with Crippen LogP contribution in [0.15, 0.2) is 48.5 Å². The SMILES string of the molecule is O=[N+]([O-])c1ccc(C(O)(c2ccc(F)cc2)C(F)(F)C(F)(F)F)cc1. The number of alkyl halides is 5. The van der Waals surface area contributed by atoms with E-state index in [1.54, 1.807) is 0 Å². The van der Waals surface area contributed by atoms with Crippen molar-refractivity contribution in [3.63, 3.8) is 0 Å². The van der Waals surface area contributed by atoms with Crippen LogP contribution in [-0.2, 0) is 5.60 Å². The molecule has 0 radical (unpaired) electrons. The first-order valence-corrected chi connectivity index (χ1v) is 6.59. The second-order valence-electron chi connectivity index (χ2n) is 5.09. The molecule has 1 unspecified atom stereocenters. The lowest BCUT2D eigenvalue weighted by Crippen LogP contribution is -2.55. The van der Waals surface area contributed by atoms with E-state index in [4.69, 9.17) is 0 Å². The molecule has 0 aliphatic carbocycles. The zero-order valence-corrected chi connectivity index (χ0v) is 12.1. The predicted octanol–water partition coefficient (Wildman–Crippen LogP) is 4.17. The van der Waals surface area contributed by atoms with E-state index in [2.05, 4.69) is 0 Å². The molecule has 0 spiro atoms. The highest BCUT2D eigenvalue weighted by Gasteiger charge is 2.71. The molecular formula is C15H9F6NO3. The summed E-state index contributed by atoms with van der Waals surface area (Å²) in [5.74, 6) is -6.57. The number of nitro groups is 1. The Morgan fingerprint density at radius 3 is 1.60 bits per heavy atom. The lowest BCUT2D eigenvalue weighted by Gasteiger charge is -2.37. The van der Waals surface area contributed by atoms with Crippen molar-refractivity contribution in [2.45, 2.75) is 17.7 Å². The molecule has 0 saturated heterocycles. The van der Waals surface area contributed by atoms with Gasteiger partial charge >= 0.3 is 12.1 Å². The number of hydrogen-bond acceptors (Lipinski definition) is 3. The summed E-state index contributed by atoms with van der Waals surface area (Å²) in [6.45, 7) is 0. The van der Waals surface area contributed by atoms with Crippen LogP contribution in [0, 0.1) is 15.9 Å². The van der Waals surface area contributed by atoms with E-state index in [1.165, 1.54) is 0 Å². The molecule has 0 amide bonds. The highest BCUT2D eigenvalue weighted by Crippen LogP contribution is 2.51. The first-order valence-electron chi connectivity index (χ1n) is 6.59. The maximum Gasteiger partial charge on any atom is 0.457 e. The molecule has 25 heavy (non-hydrogen) atoms. The fourth-order valence-corrected chi connectivity index (χ4v) is 2.25. The minimum absolute atomic E-state index is 0.569. The van der Waals surface area contributed by atoms with E-state index in [0.29, 0.717) is 48.5 Å². The Morgan fingerprint density at radius 1 is 0.840 bits per heavy atom. The van der Waals surface area contributed by atoms with Gasteiger partial charge in [0.15, 0.2) is 5.60 Å². The zero-order chi connectivity index (χ0) is 19.0. The quantitative estimate of drug-likeness (QED) is 0.503. The van der Waals surface area contributed by atoms with E-state index in [-0.39, 0.29) is 0 Å². The van der Waals surface area contributed by atoms with Gasteiger partial charge < -0.3 is 5.11 Å². The summed E-state index contributed by atoms with van der Waals surface area (Å²) in [7, 11) is 0. The van der Waals surface area contributed by atoms with Gasteiger partial charge in [-0.1, -0.05) is 12.1 Å². The average Bonchev–Trinajstić information content (AvgIpc) is 2.53. The molecule has 2 aromatic carbocycles. The Hall–Kier alpha value is -2.62. The Morgan fingerprint density at radius 2 is 1.24 bits per heavy atom. The summed E-state index contributed by atoms with van der Waals surface area (Å²) in [5, 5.41) is 21.0. The molecule has 134 valence electrons. The van der Waals surface area contributed by atoms with E-state index < -0.39 is 45.3 Å². The summed E-state index contributed by atoms with van der Waals surface area (Å²) >= 11 is 0. The largest absolute Gasteiger partial charge is 0.457 e. The van der Waals surface area contributed by atoms with E-state index >= 15 is 0 Å². The fraction of sp³-hybridized carbons (Fsp3) is 0.200. The summed E-state index contributed by atoms with van der Waals surface area (Å²) in [4.78, 5) is 9.71. The van der Waals surface area contributed by atoms with Crippen molar-refractivity contribution in [3.05, 3.63) is 75.6 Å². The maximum absolute atomic E-state index is 14.1. The molecule has 2 rings (SSSR count). The molecule has 0 saturated carbocycles. The summed E-state index contributed by atoms with van der Waals surface area (Å²) in [6, 6.07) is 4.90. The summed E-state index contributed by atoms with van der Waals surface area (Å²) in [6.07, 6.45) is -6.14.